The molecule has 0 unspecified atom stereocenters. The normalized spacial score (nSPS) is 17.3. The lowest BCUT2D eigenvalue weighted by molar-refractivity contribution is -0.126. The van der Waals surface area contributed by atoms with Crippen LogP contribution in [0.4, 0.5) is 5.69 Å². The third-order valence-electron chi connectivity index (χ3n) is 3.38. The van der Waals surface area contributed by atoms with Crippen LogP contribution >= 0.6 is 0 Å². The van der Waals surface area contributed by atoms with Gasteiger partial charge >= 0.3 is 0 Å². The Bertz CT molecular complexity index is 427. The van der Waals surface area contributed by atoms with Crippen molar-refractivity contribution in [2.45, 2.75) is 12.8 Å². The lowest BCUT2D eigenvalue weighted by atomic mass is 10.1. The Morgan fingerprint density at radius 2 is 2.05 bits per heavy atom. The summed E-state index contributed by atoms with van der Waals surface area (Å²) in [5.74, 6) is 0.0759. The fourth-order valence-corrected chi connectivity index (χ4v) is 2.16. The van der Waals surface area contributed by atoms with Crippen LogP contribution in [0.15, 0.2) is 24.3 Å². The van der Waals surface area contributed by atoms with Crippen LogP contribution in [0.2, 0.25) is 0 Å². The number of hydrogen-bond donors (Lipinski definition) is 2. The standard InChI is InChI=1S/C14H22N4O/c1-17-7-9-18(10-8-17)16-14(19)6-5-12-3-2-4-13(15)11-12/h2-4,11H,5-10,15H2,1H3,(H,16,19). The summed E-state index contributed by atoms with van der Waals surface area (Å²) in [6.07, 6.45) is 1.22. The highest BCUT2D eigenvalue weighted by atomic mass is 16.2. The van der Waals surface area contributed by atoms with Crippen molar-refractivity contribution in [2.24, 2.45) is 0 Å². The molecule has 0 aromatic heterocycles. The van der Waals surface area contributed by atoms with Crippen LogP contribution in [0.5, 0.6) is 0 Å². The average Bonchev–Trinajstić information content (AvgIpc) is 2.39. The Morgan fingerprint density at radius 3 is 2.74 bits per heavy atom. The van der Waals surface area contributed by atoms with Crippen LogP contribution in [0.25, 0.3) is 0 Å². The number of carbonyl (C=O) groups excluding carboxylic acids is 1. The third-order valence-corrected chi connectivity index (χ3v) is 3.38. The number of aryl methyl sites for hydroxylation is 1. The maximum atomic E-state index is 11.9. The quantitative estimate of drug-likeness (QED) is 0.775. The monoisotopic (exact) mass is 262 g/mol. The van der Waals surface area contributed by atoms with Crippen LogP contribution < -0.4 is 11.2 Å². The number of nitrogen functional groups attached to an aromatic ring is 1. The van der Waals surface area contributed by atoms with Crippen LogP contribution in [0.3, 0.4) is 0 Å². The number of piperazine rings is 1. The Morgan fingerprint density at radius 1 is 1.32 bits per heavy atom. The van der Waals surface area contributed by atoms with Gasteiger partial charge in [0.2, 0.25) is 5.91 Å². The topological polar surface area (TPSA) is 61.6 Å². The van der Waals surface area contributed by atoms with Gasteiger partial charge in [0.1, 0.15) is 0 Å². The van der Waals surface area contributed by atoms with E-state index in [0.29, 0.717) is 6.42 Å². The minimum Gasteiger partial charge on any atom is -0.399 e. The van der Waals surface area contributed by atoms with Crippen LogP contribution in [0.1, 0.15) is 12.0 Å². The second-order valence-electron chi connectivity index (χ2n) is 5.07. The van der Waals surface area contributed by atoms with Crippen molar-refractivity contribution in [2.75, 3.05) is 39.0 Å². The fourth-order valence-electron chi connectivity index (χ4n) is 2.16. The van der Waals surface area contributed by atoms with Crippen molar-refractivity contribution in [3.05, 3.63) is 29.8 Å². The molecule has 1 saturated heterocycles. The smallest absolute Gasteiger partial charge is 0.234 e. The van der Waals surface area contributed by atoms with E-state index >= 15 is 0 Å². The minimum absolute atomic E-state index is 0.0759. The highest BCUT2D eigenvalue weighted by Gasteiger charge is 2.15. The summed E-state index contributed by atoms with van der Waals surface area (Å²) in [6, 6.07) is 7.69. The molecule has 1 amide bonds. The van der Waals surface area contributed by atoms with Gasteiger partial charge in [0.15, 0.2) is 0 Å². The molecule has 1 aromatic carbocycles. The van der Waals surface area contributed by atoms with Gasteiger partial charge in [-0.3, -0.25) is 10.2 Å². The largest absolute Gasteiger partial charge is 0.399 e. The number of anilines is 1. The number of hydrogen-bond acceptors (Lipinski definition) is 4. The van der Waals surface area contributed by atoms with Crippen LogP contribution in [-0.4, -0.2) is 49.0 Å². The Kier molecular flexibility index (Phi) is 4.76. The maximum Gasteiger partial charge on any atom is 0.234 e. The Balaban J connectivity index is 1.73. The van der Waals surface area contributed by atoms with E-state index in [1.165, 1.54) is 0 Å². The predicted octanol–water partition coefficient (Wildman–Crippen LogP) is 0.480. The van der Waals surface area contributed by atoms with Crippen molar-refractivity contribution in [1.29, 1.82) is 0 Å². The van der Waals surface area contributed by atoms with Crippen LogP contribution in [-0.2, 0) is 11.2 Å². The van der Waals surface area contributed by atoms with Gasteiger partial charge in [-0.25, -0.2) is 5.01 Å². The van der Waals surface area contributed by atoms with E-state index < -0.39 is 0 Å². The van der Waals surface area contributed by atoms with Gasteiger partial charge in [0, 0.05) is 38.3 Å². The molecule has 0 bridgehead atoms. The zero-order valence-electron chi connectivity index (χ0n) is 11.4. The van der Waals surface area contributed by atoms with E-state index in [1.54, 1.807) is 0 Å². The molecule has 1 aliphatic heterocycles. The number of nitrogens with zero attached hydrogens (tertiary/aromatic N) is 2. The summed E-state index contributed by atoms with van der Waals surface area (Å²) in [7, 11) is 2.10. The van der Waals surface area contributed by atoms with Crippen molar-refractivity contribution in [3.8, 4) is 0 Å². The molecule has 3 N–H and O–H groups in total. The third kappa shape index (κ3) is 4.54. The second kappa shape index (κ2) is 6.54. The van der Waals surface area contributed by atoms with Crippen molar-refractivity contribution in [3.63, 3.8) is 0 Å². The highest BCUT2D eigenvalue weighted by Crippen LogP contribution is 2.08. The second-order valence-corrected chi connectivity index (χ2v) is 5.07. The van der Waals surface area contributed by atoms with Crippen molar-refractivity contribution >= 4 is 11.6 Å². The summed E-state index contributed by atoms with van der Waals surface area (Å²) >= 11 is 0. The molecule has 5 nitrogen and oxygen atoms in total. The van der Waals surface area contributed by atoms with Gasteiger partial charge in [-0.2, -0.15) is 0 Å². The first-order valence-electron chi connectivity index (χ1n) is 6.71. The lowest BCUT2D eigenvalue weighted by Gasteiger charge is -2.32. The first-order valence-corrected chi connectivity index (χ1v) is 6.71. The summed E-state index contributed by atoms with van der Waals surface area (Å²) in [4.78, 5) is 14.1. The molecular weight excluding hydrogens is 240 g/mol. The zero-order valence-corrected chi connectivity index (χ0v) is 11.4. The van der Waals surface area contributed by atoms with Gasteiger partial charge in [0.05, 0.1) is 0 Å². The number of nitrogens with two attached hydrogens (primary N) is 1. The Labute approximate surface area is 114 Å². The summed E-state index contributed by atoms with van der Waals surface area (Å²) < 4.78 is 0. The molecule has 19 heavy (non-hydrogen) atoms. The van der Waals surface area contributed by atoms with Crippen molar-refractivity contribution < 1.29 is 4.79 Å². The predicted molar refractivity (Wildman–Crippen MR) is 76.4 cm³/mol. The average molecular weight is 262 g/mol. The fraction of sp³-hybridized carbons (Fsp3) is 0.500. The number of hydrazine groups is 1. The number of amides is 1. The molecule has 1 aliphatic rings. The van der Waals surface area contributed by atoms with E-state index in [2.05, 4.69) is 17.4 Å². The summed E-state index contributed by atoms with van der Waals surface area (Å²) in [5, 5.41) is 2.00. The molecule has 1 fully saturated rings. The van der Waals surface area contributed by atoms with E-state index in [0.717, 1.165) is 43.9 Å². The molecule has 0 aliphatic carbocycles. The van der Waals surface area contributed by atoms with Crippen LogP contribution in [0, 0.1) is 0 Å². The van der Waals surface area contributed by atoms with Crippen molar-refractivity contribution in [1.82, 2.24) is 15.3 Å². The van der Waals surface area contributed by atoms with Gasteiger partial charge in [-0.15, -0.1) is 0 Å². The summed E-state index contributed by atoms with van der Waals surface area (Å²) in [5.41, 5.74) is 10.5. The molecule has 0 atom stereocenters. The molecule has 0 spiro atoms. The molecular formula is C14H22N4O. The molecule has 1 heterocycles. The zero-order chi connectivity index (χ0) is 13.7. The van der Waals surface area contributed by atoms with Gasteiger partial charge in [-0.05, 0) is 31.2 Å². The van der Waals surface area contributed by atoms with Gasteiger partial charge < -0.3 is 10.6 Å². The number of carbonyl (C=O) groups is 1. The van der Waals surface area contributed by atoms with Gasteiger partial charge in [0.25, 0.3) is 0 Å². The first-order chi connectivity index (χ1) is 9.13. The minimum atomic E-state index is 0.0759. The van der Waals surface area contributed by atoms with E-state index in [1.807, 2.05) is 29.3 Å². The highest BCUT2D eigenvalue weighted by molar-refractivity contribution is 5.75. The number of benzene rings is 1. The lowest BCUT2D eigenvalue weighted by Crippen LogP contribution is -2.52. The van der Waals surface area contributed by atoms with E-state index in [-0.39, 0.29) is 5.91 Å². The molecule has 0 saturated carbocycles. The SMILES string of the molecule is CN1CCN(NC(=O)CCc2cccc(N)c2)CC1. The number of likely N-dealkylation sites (N-methyl/N-ethyl adjacent to an activating group) is 1. The summed E-state index contributed by atoms with van der Waals surface area (Å²) in [6.45, 7) is 3.77. The molecule has 0 radical (unpaired) electrons. The molecule has 1 aromatic rings. The van der Waals surface area contributed by atoms with E-state index in [9.17, 15) is 4.79 Å². The van der Waals surface area contributed by atoms with Gasteiger partial charge in [-0.1, -0.05) is 12.1 Å². The number of rotatable bonds is 4. The molecule has 2 rings (SSSR count). The Hall–Kier alpha value is -1.59. The first kappa shape index (κ1) is 13.8. The molecule has 104 valence electrons. The van der Waals surface area contributed by atoms with E-state index in [4.69, 9.17) is 5.73 Å². The maximum absolute atomic E-state index is 11.9. The molecule has 5 heteroatoms. The number of nitrogens with one attached hydrogen (secondary N) is 1.